The first-order valence-corrected chi connectivity index (χ1v) is 10.1. The number of hydrogen-bond acceptors (Lipinski definition) is 5. The summed E-state index contributed by atoms with van der Waals surface area (Å²) in [5, 5.41) is 15.4. The highest BCUT2D eigenvalue weighted by Crippen LogP contribution is 2.19. The van der Waals surface area contributed by atoms with Crippen molar-refractivity contribution in [2.45, 2.75) is 51.2 Å². The lowest BCUT2D eigenvalue weighted by Crippen LogP contribution is -2.56. The second-order valence-electron chi connectivity index (χ2n) is 7.61. The lowest BCUT2D eigenvalue weighted by atomic mass is 9.98. The fraction of sp³-hybridized carbons (Fsp3) is 0.429. The van der Waals surface area contributed by atoms with E-state index in [0.717, 1.165) is 16.5 Å². The summed E-state index contributed by atoms with van der Waals surface area (Å²) in [5.41, 5.74) is 12.4. The molecular formula is C21H29N5O5. The Morgan fingerprint density at radius 3 is 2.42 bits per heavy atom. The fourth-order valence-electron chi connectivity index (χ4n) is 3.25. The van der Waals surface area contributed by atoms with E-state index in [9.17, 15) is 24.3 Å². The molecular weight excluding hydrogens is 402 g/mol. The van der Waals surface area contributed by atoms with Gasteiger partial charge >= 0.3 is 5.97 Å². The van der Waals surface area contributed by atoms with Gasteiger partial charge in [0.2, 0.25) is 17.7 Å². The summed E-state index contributed by atoms with van der Waals surface area (Å²) in [4.78, 5) is 51.2. The van der Waals surface area contributed by atoms with E-state index in [2.05, 4.69) is 15.6 Å². The van der Waals surface area contributed by atoms with Crippen molar-refractivity contribution in [1.82, 2.24) is 15.6 Å². The van der Waals surface area contributed by atoms with Gasteiger partial charge in [-0.05, 0) is 17.5 Å². The Morgan fingerprint density at radius 2 is 1.81 bits per heavy atom. The number of nitrogens with one attached hydrogen (secondary N) is 3. The van der Waals surface area contributed by atoms with Crippen LogP contribution in [0.25, 0.3) is 10.9 Å². The van der Waals surface area contributed by atoms with E-state index in [0.29, 0.717) is 6.42 Å². The Hall–Kier alpha value is -3.40. The van der Waals surface area contributed by atoms with E-state index in [1.165, 1.54) is 0 Å². The molecule has 3 amide bonds. The Kier molecular flexibility index (Phi) is 8.14. The molecule has 4 atom stereocenters. The number of aromatic nitrogens is 1. The predicted molar refractivity (Wildman–Crippen MR) is 115 cm³/mol. The van der Waals surface area contributed by atoms with Crippen LogP contribution in [0.15, 0.2) is 30.5 Å². The summed E-state index contributed by atoms with van der Waals surface area (Å²) in [7, 11) is 0. The smallest absolute Gasteiger partial charge is 0.326 e. The second kappa shape index (κ2) is 10.6. The number of nitrogens with two attached hydrogens (primary N) is 2. The molecule has 1 aromatic carbocycles. The molecule has 31 heavy (non-hydrogen) atoms. The molecule has 0 saturated heterocycles. The first kappa shape index (κ1) is 23.9. The average molecular weight is 431 g/mol. The third-order valence-corrected chi connectivity index (χ3v) is 5.27. The van der Waals surface area contributed by atoms with Gasteiger partial charge in [-0.2, -0.15) is 0 Å². The molecule has 8 N–H and O–H groups in total. The number of aliphatic carboxylic acids is 1. The van der Waals surface area contributed by atoms with Crippen molar-refractivity contribution in [3.8, 4) is 0 Å². The number of amides is 3. The number of fused-ring (bicyclic) bond motifs is 1. The molecule has 0 aliphatic rings. The van der Waals surface area contributed by atoms with Crippen molar-refractivity contribution in [3.63, 3.8) is 0 Å². The number of benzene rings is 1. The third kappa shape index (κ3) is 6.29. The van der Waals surface area contributed by atoms with Crippen LogP contribution in [-0.2, 0) is 25.6 Å². The maximum Gasteiger partial charge on any atom is 0.326 e. The number of carboxylic acids is 1. The summed E-state index contributed by atoms with van der Waals surface area (Å²) < 4.78 is 0. The van der Waals surface area contributed by atoms with Crippen LogP contribution in [0.4, 0.5) is 0 Å². The normalized spacial score (nSPS) is 14.9. The number of aromatic amines is 1. The zero-order valence-electron chi connectivity index (χ0n) is 17.6. The molecule has 0 radical (unpaired) electrons. The van der Waals surface area contributed by atoms with Gasteiger partial charge in [-0.15, -0.1) is 0 Å². The second-order valence-corrected chi connectivity index (χ2v) is 7.61. The van der Waals surface area contributed by atoms with Crippen LogP contribution in [0.5, 0.6) is 0 Å². The van der Waals surface area contributed by atoms with Crippen LogP contribution in [0.3, 0.4) is 0 Å². The lowest BCUT2D eigenvalue weighted by Gasteiger charge is -2.25. The molecule has 0 fully saturated rings. The quantitative estimate of drug-likeness (QED) is 0.291. The number of para-hydroxylation sites is 1. The fourth-order valence-corrected chi connectivity index (χ4v) is 3.25. The zero-order valence-corrected chi connectivity index (χ0v) is 17.6. The number of rotatable bonds is 11. The molecule has 0 saturated carbocycles. The number of carbonyl (C=O) groups is 4. The van der Waals surface area contributed by atoms with Crippen LogP contribution in [0.1, 0.15) is 32.3 Å². The van der Waals surface area contributed by atoms with E-state index < -0.39 is 41.8 Å². The number of carbonyl (C=O) groups excluding carboxylic acids is 3. The van der Waals surface area contributed by atoms with Crippen LogP contribution in [-0.4, -0.2) is 51.9 Å². The molecule has 2 rings (SSSR count). The maximum atomic E-state index is 13.0. The summed E-state index contributed by atoms with van der Waals surface area (Å²) in [6.07, 6.45) is 1.99. The van der Waals surface area contributed by atoms with E-state index in [1.54, 1.807) is 13.1 Å². The summed E-state index contributed by atoms with van der Waals surface area (Å²) in [6, 6.07) is 4.02. The van der Waals surface area contributed by atoms with Crippen molar-refractivity contribution in [1.29, 1.82) is 0 Å². The maximum absolute atomic E-state index is 13.0. The van der Waals surface area contributed by atoms with Crippen molar-refractivity contribution in [2.75, 3.05) is 0 Å². The molecule has 1 heterocycles. The molecule has 0 aliphatic heterocycles. The largest absolute Gasteiger partial charge is 0.480 e. The first-order valence-electron chi connectivity index (χ1n) is 10.1. The number of carboxylic acid groups (broad SMARTS) is 1. The van der Waals surface area contributed by atoms with Crippen molar-refractivity contribution in [3.05, 3.63) is 36.0 Å². The van der Waals surface area contributed by atoms with Crippen LogP contribution >= 0.6 is 0 Å². The summed E-state index contributed by atoms with van der Waals surface area (Å²) in [6.45, 7) is 3.54. The van der Waals surface area contributed by atoms with E-state index in [-0.39, 0.29) is 18.8 Å². The molecule has 0 bridgehead atoms. The zero-order chi connectivity index (χ0) is 23.1. The molecule has 0 aliphatic carbocycles. The minimum absolute atomic E-state index is 0.0950. The first-order chi connectivity index (χ1) is 14.6. The summed E-state index contributed by atoms with van der Waals surface area (Å²) >= 11 is 0. The van der Waals surface area contributed by atoms with Gasteiger partial charge < -0.3 is 32.2 Å². The highest BCUT2D eigenvalue weighted by molar-refractivity contribution is 5.94. The highest BCUT2D eigenvalue weighted by Gasteiger charge is 2.31. The van der Waals surface area contributed by atoms with Crippen LogP contribution in [0, 0.1) is 5.92 Å². The molecule has 4 unspecified atom stereocenters. The molecule has 2 aromatic rings. The van der Waals surface area contributed by atoms with Gasteiger partial charge in [-0.3, -0.25) is 14.4 Å². The van der Waals surface area contributed by atoms with E-state index in [4.69, 9.17) is 11.5 Å². The number of primary amides is 1. The molecule has 0 spiro atoms. The third-order valence-electron chi connectivity index (χ3n) is 5.27. The minimum Gasteiger partial charge on any atom is -0.480 e. The lowest BCUT2D eigenvalue weighted by molar-refractivity contribution is -0.143. The molecule has 10 heteroatoms. The highest BCUT2D eigenvalue weighted by atomic mass is 16.4. The standard InChI is InChI=1S/C21H29N5O5/c1-3-11(2)18(21(30)31)26-20(29)16(25-19(28)14(22)9-17(23)27)8-12-10-24-15-7-5-4-6-13(12)15/h4-7,10-11,14,16,18,24H,3,8-9,22H2,1-2H3,(H2,23,27)(H,25,28)(H,26,29)(H,30,31). The van der Waals surface area contributed by atoms with Gasteiger partial charge in [0, 0.05) is 23.5 Å². The van der Waals surface area contributed by atoms with Gasteiger partial charge in [-0.1, -0.05) is 38.5 Å². The van der Waals surface area contributed by atoms with Crippen LogP contribution < -0.4 is 22.1 Å². The Labute approximate surface area is 179 Å². The average Bonchev–Trinajstić information content (AvgIpc) is 3.12. The van der Waals surface area contributed by atoms with Crippen molar-refractivity contribution < 1.29 is 24.3 Å². The Morgan fingerprint density at radius 1 is 1.13 bits per heavy atom. The van der Waals surface area contributed by atoms with Gasteiger partial charge in [-0.25, -0.2) is 4.79 Å². The topological polar surface area (TPSA) is 180 Å². The van der Waals surface area contributed by atoms with Crippen molar-refractivity contribution in [2.24, 2.45) is 17.4 Å². The van der Waals surface area contributed by atoms with E-state index in [1.807, 2.05) is 31.2 Å². The minimum atomic E-state index is -1.22. The molecule has 168 valence electrons. The number of hydrogen-bond donors (Lipinski definition) is 6. The van der Waals surface area contributed by atoms with Gasteiger partial charge in [0.15, 0.2) is 0 Å². The Balaban J connectivity index is 2.27. The molecule has 10 nitrogen and oxygen atoms in total. The predicted octanol–water partition coefficient (Wildman–Crippen LogP) is 0.0134. The SMILES string of the molecule is CCC(C)C(NC(=O)C(Cc1c[nH]c2ccccc12)NC(=O)C(N)CC(N)=O)C(=O)O. The number of H-pyrrole nitrogens is 1. The van der Waals surface area contributed by atoms with Crippen molar-refractivity contribution >= 4 is 34.6 Å². The van der Waals surface area contributed by atoms with E-state index >= 15 is 0 Å². The van der Waals surface area contributed by atoms with Gasteiger partial charge in [0.05, 0.1) is 12.5 Å². The monoisotopic (exact) mass is 431 g/mol. The van der Waals surface area contributed by atoms with Gasteiger partial charge in [0.25, 0.3) is 0 Å². The molecule has 1 aromatic heterocycles. The van der Waals surface area contributed by atoms with Crippen LogP contribution in [0.2, 0.25) is 0 Å². The van der Waals surface area contributed by atoms with Gasteiger partial charge in [0.1, 0.15) is 12.1 Å². The Bertz CT molecular complexity index is 957. The summed E-state index contributed by atoms with van der Waals surface area (Å²) in [5.74, 6) is -3.61.